The maximum absolute atomic E-state index is 12.0. The smallest absolute Gasteiger partial charge is 0.355 e. The van der Waals surface area contributed by atoms with Crippen LogP contribution in [0.1, 0.15) is 46.3 Å². The third-order valence-corrected chi connectivity index (χ3v) is 3.63. The first-order valence-electron chi connectivity index (χ1n) is 7.57. The maximum Gasteiger partial charge on any atom is 0.355 e. The molecule has 1 aromatic heterocycles. The third kappa shape index (κ3) is 4.32. The number of esters is 1. The summed E-state index contributed by atoms with van der Waals surface area (Å²) in [5.74, 6) is -1.17. The van der Waals surface area contributed by atoms with Gasteiger partial charge in [-0.2, -0.15) is 0 Å². The number of nitrogens with zero attached hydrogens (tertiary/aromatic N) is 1. The number of hydrogen-bond donors (Lipinski definition) is 1. The summed E-state index contributed by atoms with van der Waals surface area (Å²) in [6.07, 6.45) is 1.55. The van der Waals surface area contributed by atoms with Gasteiger partial charge in [-0.05, 0) is 25.5 Å². The van der Waals surface area contributed by atoms with Gasteiger partial charge in [-0.1, -0.05) is 30.3 Å². The summed E-state index contributed by atoms with van der Waals surface area (Å²) in [4.78, 5) is 35.3. The SMILES string of the molecule is CC(=O)c1cc(C(=O)OCC(=O)N[C@@H](C)c2ccccc2)n(C)c1. The Labute approximate surface area is 140 Å². The minimum Gasteiger partial charge on any atom is -0.451 e. The van der Waals surface area contributed by atoms with Gasteiger partial charge in [-0.3, -0.25) is 9.59 Å². The highest BCUT2D eigenvalue weighted by Crippen LogP contribution is 2.11. The number of rotatable bonds is 6. The lowest BCUT2D eigenvalue weighted by molar-refractivity contribution is -0.124. The fourth-order valence-electron chi connectivity index (χ4n) is 2.27. The quantitative estimate of drug-likeness (QED) is 0.652. The molecule has 126 valence electrons. The van der Waals surface area contributed by atoms with Crippen LogP contribution in [0, 0.1) is 0 Å². The Bertz CT molecular complexity index is 750. The number of hydrogen-bond acceptors (Lipinski definition) is 4. The van der Waals surface area contributed by atoms with Crippen molar-refractivity contribution < 1.29 is 19.1 Å². The van der Waals surface area contributed by atoms with Gasteiger partial charge < -0.3 is 14.6 Å². The predicted molar refractivity (Wildman–Crippen MR) is 88.7 cm³/mol. The first-order valence-corrected chi connectivity index (χ1v) is 7.57. The average molecular weight is 328 g/mol. The lowest BCUT2D eigenvalue weighted by Crippen LogP contribution is -2.31. The summed E-state index contributed by atoms with van der Waals surface area (Å²) in [5, 5.41) is 2.76. The molecule has 2 aromatic rings. The van der Waals surface area contributed by atoms with E-state index in [2.05, 4.69) is 5.32 Å². The molecule has 6 nitrogen and oxygen atoms in total. The van der Waals surface area contributed by atoms with Gasteiger partial charge >= 0.3 is 5.97 Å². The Balaban J connectivity index is 1.89. The molecule has 0 saturated carbocycles. The van der Waals surface area contributed by atoms with Crippen molar-refractivity contribution in [3.05, 3.63) is 59.4 Å². The monoisotopic (exact) mass is 328 g/mol. The van der Waals surface area contributed by atoms with Crippen LogP contribution in [0.3, 0.4) is 0 Å². The van der Waals surface area contributed by atoms with Crippen molar-refractivity contribution in [1.82, 2.24) is 9.88 Å². The fourth-order valence-corrected chi connectivity index (χ4v) is 2.27. The van der Waals surface area contributed by atoms with E-state index in [0.29, 0.717) is 5.56 Å². The summed E-state index contributed by atoms with van der Waals surface area (Å²) >= 11 is 0. The van der Waals surface area contributed by atoms with Gasteiger partial charge in [-0.25, -0.2) is 4.79 Å². The minimum absolute atomic E-state index is 0.140. The van der Waals surface area contributed by atoms with Crippen LogP contribution in [-0.4, -0.2) is 28.8 Å². The first-order chi connectivity index (χ1) is 11.4. The third-order valence-electron chi connectivity index (χ3n) is 3.63. The lowest BCUT2D eigenvalue weighted by Gasteiger charge is -2.14. The van der Waals surface area contributed by atoms with E-state index < -0.39 is 5.97 Å². The van der Waals surface area contributed by atoms with Gasteiger partial charge in [0.05, 0.1) is 6.04 Å². The molecular formula is C18H20N2O4. The number of nitrogens with one attached hydrogen (secondary N) is 1. The topological polar surface area (TPSA) is 77.4 Å². The standard InChI is InChI=1S/C18H20N2O4/c1-12(14-7-5-4-6-8-14)19-17(22)11-24-18(23)16-9-15(13(2)21)10-20(16)3/h4-10,12H,11H2,1-3H3,(H,19,22)/t12-/m0/s1. The van der Waals surface area contributed by atoms with Crippen LogP contribution in [-0.2, 0) is 16.6 Å². The second-order valence-corrected chi connectivity index (χ2v) is 5.56. The molecule has 6 heteroatoms. The normalized spacial score (nSPS) is 11.6. The molecule has 0 aliphatic heterocycles. The molecule has 0 bridgehead atoms. The predicted octanol–water partition coefficient (Wildman–Crippen LogP) is 2.26. The zero-order valence-electron chi connectivity index (χ0n) is 13.9. The number of carbonyl (C=O) groups excluding carboxylic acids is 3. The molecule has 2 rings (SSSR count). The Morgan fingerprint density at radius 3 is 2.46 bits per heavy atom. The van der Waals surface area contributed by atoms with E-state index in [1.807, 2.05) is 37.3 Å². The fraction of sp³-hybridized carbons (Fsp3) is 0.278. The van der Waals surface area contributed by atoms with Gasteiger partial charge in [0, 0.05) is 18.8 Å². The molecular weight excluding hydrogens is 308 g/mol. The molecule has 0 aliphatic carbocycles. The number of benzene rings is 1. The van der Waals surface area contributed by atoms with Crippen molar-refractivity contribution in [2.45, 2.75) is 19.9 Å². The van der Waals surface area contributed by atoms with Crippen molar-refractivity contribution in [1.29, 1.82) is 0 Å². The van der Waals surface area contributed by atoms with Crippen LogP contribution in [0.4, 0.5) is 0 Å². The maximum atomic E-state index is 12.0. The number of carbonyl (C=O) groups is 3. The van der Waals surface area contributed by atoms with Gasteiger partial charge in [0.1, 0.15) is 5.69 Å². The molecule has 0 aliphatic rings. The number of ketones is 1. The van der Waals surface area contributed by atoms with E-state index in [9.17, 15) is 14.4 Å². The lowest BCUT2D eigenvalue weighted by atomic mass is 10.1. The van der Waals surface area contributed by atoms with Crippen LogP contribution in [0.25, 0.3) is 0 Å². The van der Waals surface area contributed by atoms with E-state index in [1.165, 1.54) is 17.6 Å². The molecule has 1 heterocycles. The Morgan fingerprint density at radius 1 is 1.21 bits per heavy atom. The second-order valence-electron chi connectivity index (χ2n) is 5.56. The molecule has 0 saturated heterocycles. The molecule has 0 unspecified atom stereocenters. The van der Waals surface area contributed by atoms with Crippen molar-refractivity contribution in [2.75, 3.05) is 6.61 Å². The minimum atomic E-state index is -0.646. The zero-order chi connectivity index (χ0) is 17.7. The summed E-state index contributed by atoms with van der Waals surface area (Å²) < 4.78 is 6.52. The number of aromatic nitrogens is 1. The van der Waals surface area contributed by atoms with Crippen LogP contribution in [0.5, 0.6) is 0 Å². The van der Waals surface area contributed by atoms with E-state index in [0.717, 1.165) is 5.56 Å². The van der Waals surface area contributed by atoms with E-state index in [4.69, 9.17) is 4.74 Å². The Kier molecular flexibility index (Phi) is 5.52. The zero-order valence-corrected chi connectivity index (χ0v) is 13.9. The second kappa shape index (κ2) is 7.59. The van der Waals surface area contributed by atoms with Crippen molar-refractivity contribution in [3.63, 3.8) is 0 Å². The van der Waals surface area contributed by atoms with Crippen molar-refractivity contribution in [3.8, 4) is 0 Å². The molecule has 1 N–H and O–H groups in total. The number of Topliss-reactive ketones (excluding diaryl/α,β-unsaturated/α-hetero) is 1. The highest BCUT2D eigenvalue weighted by atomic mass is 16.5. The molecule has 1 atom stereocenters. The van der Waals surface area contributed by atoms with Crippen LogP contribution in [0.2, 0.25) is 0 Å². The van der Waals surface area contributed by atoms with Crippen molar-refractivity contribution >= 4 is 17.7 Å². The van der Waals surface area contributed by atoms with Crippen LogP contribution < -0.4 is 5.32 Å². The van der Waals surface area contributed by atoms with Crippen LogP contribution >= 0.6 is 0 Å². The molecule has 1 amide bonds. The summed E-state index contributed by atoms with van der Waals surface area (Å²) in [5.41, 5.74) is 1.61. The molecule has 24 heavy (non-hydrogen) atoms. The summed E-state index contributed by atoms with van der Waals surface area (Å²) in [7, 11) is 1.64. The number of amides is 1. The summed E-state index contributed by atoms with van der Waals surface area (Å²) in [6, 6.07) is 10.8. The molecule has 1 aromatic carbocycles. The van der Waals surface area contributed by atoms with Gasteiger partial charge in [0.25, 0.3) is 5.91 Å². The number of ether oxygens (including phenoxy) is 1. The van der Waals surface area contributed by atoms with Crippen molar-refractivity contribution in [2.24, 2.45) is 7.05 Å². The molecule has 0 spiro atoms. The largest absolute Gasteiger partial charge is 0.451 e. The van der Waals surface area contributed by atoms with Gasteiger partial charge in [-0.15, -0.1) is 0 Å². The van der Waals surface area contributed by atoms with Crippen LogP contribution in [0.15, 0.2) is 42.6 Å². The van der Waals surface area contributed by atoms with Gasteiger partial charge in [0.15, 0.2) is 12.4 Å². The Morgan fingerprint density at radius 2 is 1.88 bits per heavy atom. The van der Waals surface area contributed by atoms with E-state index in [1.54, 1.807) is 13.2 Å². The van der Waals surface area contributed by atoms with E-state index in [-0.39, 0.29) is 30.0 Å². The van der Waals surface area contributed by atoms with Gasteiger partial charge in [0.2, 0.25) is 0 Å². The Hall–Kier alpha value is -2.89. The molecule has 0 fully saturated rings. The van der Waals surface area contributed by atoms with E-state index >= 15 is 0 Å². The molecule has 0 radical (unpaired) electrons. The average Bonchev–Trinajstić information content (AvgIpc) is 2.95. The number of aryl methyl sites for hydroxylation is 1. The first kappa shape index (κ1) is 17.5. The highest BCUT2D eigenvalue weighted by molar-refractivity contribution is 5.98. The highest BCUT2D eigenvalue weighted by Gasteiger charge is 2.17. The summed E-state index contributed by atoms with van der Waals surface area (Å²) in [6.45, 7) is 2.89.